The highest BCUT2D eigenvalue weighted by molar-refractivity contribution is 7.15. The first kappa shape index (κ1) is 19.9. The summed E-state index contributed by atoms with van der Waals surface area (Å²) in [6, 6.07) is 19.4. The Balaban J connectivity index is 1.42. The van der Waals surface area contributed by atoms with Gasteiger partial charge in [-0.05, 0) is 11.6 Å². The number of carbonyl (C=O) groups excluding carboxylic acids is 1. The van der Waals surface area contributed by atoms with Crippen molar-refractivity contribution in [1.29, 1.82) is 0 Å². The van der Waals surface area contributed by atoms with E-state index in [9.17, 15) is 4.79 Å². The molecule has 2 heterocycles. The lowest BCUT2D eigenvalue weighted by molar-refractivity contribution is 0.0950. The lowest BCUT2D eigenvalue weighted by Gasteiger charge is -2.02. The number of carbonyl (C=O) groups is 1. The molecule has 6 nitrogen and oxygen atoms in total. The Bertz CT molecular complexity index is 1160. The maximum atomic E-state index is 12.3. The SMILES string of the molecule is O=C(NCc1ccccc1)c1nnc(/C(Cl)=C/c2cnc(-c3ccccc3)nc2)s1. The molecular formula is C22H16ClN5OS. The van der Waals surface area contributed by atoms with Crippen molar-refractivity contribution in [2.24, 2.45) is 0 Å². The molecule has 1 N–H and O–H groups in total. The fraction of sp³-hybridized carbons (Fsp3) is 0.0455. The van der Waals surface area contributed by atoms with Crippen molar-refractivity contribution in [1.82, 2.24) is 25.5 Å². The molecule has 0 saturated carbocycles. The van der Waals surface area contributed by atoms with E-state index >= 15 is 0 Å². The minimum atomic E-state index is -0.289. The molecule has 2 aromatic carbocycles. The minimum absolute atomic E-state index is 0.253. The Hall–Kier alpha value is -3.42. The molecule has 0 unspecified atom stereocenters. The van der Waals surface area contributed by atoms with E-state index < -0.39 is 0 Å². The third-order valence-corrected chi connectivity index (χ3v) is 5.47. The Kier molecular flexibility index (Phi) is 6.22. The van der Waals surface area contributed by atoms with Gasteiger partial charge in [0.2, 0.25) is 5.01 Å². The van der Waals surface area contributed by atoms with Gasteiger partial charge in [-0.25, -0.2) is 9.97 Å². The van der Waals surface area contributed by atoms with Crippen LogP contribution in [0.25, 0.3) is 22.5 Å². The molecule has 0 aliphatic carbocycles. The summed E-state index contributed by atoms with van der Waals surface area (Å²) in [7, 11) is 0. The minimum Gasteiger partial charge on any atom is -0.346 e. The lowest BCUT2D eigenvalue weighted by atomic mass is 10.2. The van der Waals surface area contributed by atoms with Gasteiger partial charge in [0.25, 0.3) is 5.91 Å². The van der Waals surface area contributed by atoms with Crippen molar-refractivity contribution < 1.29 is 4.79 Å². The molecule has 1 amide bonds. The van der Waals surface area contributed by atoms with Crippen molar-refractivity contribution >= 4 is 40.0 Å². The number of rotatable bonds is 6. The van der Waals surface area contributed by atoms with Gasteiger partial charge in [-0.1, -0.05) is 83.6 Å². The quantitative estimate of drug-likeness (QED) is 0.478. The summed E-state index contributed by atoms with van der Waals surface area (Å²) >= 11 is 7.50. The zero-order valence-electron chi connectivity index (χ0n) is 15.7. The maximum absolute atomic E-state index is 12.3. The molecule has 0 aliphatic rings. The molecular weight excluding hydrogens is 418 g/mol. The predicted molar refractivity (Wildman–Crippen MR) is 119 cm³/mol. The van der Waals surface area contributed by atoms with Gasteiger partial charge in [0.15, 0.2) is 10.8 Å². The zero-order chi connectivity index (χ0) is 20.8. The Morgan fingerprint density at radius 1 is 0.933 bits per heavy atom. The number of aromatic nitrogens is 4. The highest BCUT2D eigenvalue weighted by Crippen LogP contribution is 2.25. The van der Waals surface area contributed by atoms with E-state index in [0.29, 0.717) is 22.4 Å². The van der Waals surface area contributed by atoms with Crippen LogP contribution in [0.15, 0.2) is 73.1 Å². The van der Waals surface area contributed by atoms with E-state index in [4.69, 9.17) is 11.6 Å². The maximum Gasteiger partial charge on any atom is 0.282 e. The number of amides is 1. The van der Waals surface area contributed by atoms with Crippen LogP contribution in [0.2, 0.25) is 0 Å². The topological polar surface area (TPSA) is 80.7 Å². The standard InChI is InChI=1S/C22H16ClN5OS/c23-18(11-16-13-24-19(25-14-16)17-9-5-2-6-10-17)21-27-28-22(30-21)20(29)26-12-15-7-3-1-4-8-15/h1-11,13-14H,12H2,(H,26,29)/b18-11-. The summed E-state index contributed by atoms with van der Waals surface area (Å²) in [6.07, 6.45) is 5.07. The number of benzene rings is 2. The van der Waals surface area contributed by atoms with Crippen LogP contribution in [0.3, 0.4) is 0 Å². The second-order valence-corrected chi connectivity index (χ2v) is 7.66. The summed E-state index contributed by atoms with van der Waals surface area (Å²) in [5.74, 6) is 0.347. The van der Waals surface area contributed by atoms with Crippen molar-refractivity contribution in [3.63, 3.8) is 0 Å². The molecule has 30 heavy (non-hydrogen) atoms. The summed E-state index contributed by atoms with van der Waals surface area (Å²) in [5.41, 5.74) is 2.67. The van der Waals surface area contributed by atoms with Crippen LogP contribution in [-0.2, 0) is 6.54 Å². The Morgan fingerprint density at radius 2 is 1.57 bits per heavy atom. The number of hydrogen-bond donors (Lipinski definition) is 1. The molecule has 0 fully saturated rings. The van der Waals surface area contributed by atoms with Gasteiger partial charge in [0.1, 0.15) is 0 Å². The number of hydrogen-bond acceptors (Lipinski definition) is 6. The third-order valence-electron chi connectivity index (χ3n) is 4.12. The van der Waals surface area contributed by atoms with Crippen molar-refractivity contribution in [2.45, 2.75) is 6.54 Å². The van der Waals surface area contributed by atoms with E-state index in [-0.39, 0.29) is 10.9 Å². The number of nitrogens with zero attached hydrogens (tertiary/aromatic N) is 4. The first-order chi connectivity index (χ1) is 14.7. The highest BCUT2D eigenvalue weighted by Gasteiger charge is 2.14. The predicted octanol–water partition coefficient (Wildman–Crippen LogP) is 4.66. The van der Waals surface area contributed by atoms with Crippen LogP contribution in [0.1, 0.15) is 25.9 Å². The molecule has 2 aromatic heterocycles. The number of nitrogens with one attached hydrogen (secondary N) is 1. The van der Waals surface area contributed by atoms with E-state index in [1.807, 2.05) is 60.7 Å². The molecule has 0 aliphatic heterocycles. The largest absolute Gasteiger partial charge is 0.346 e. The van der Waals surface area contributed by atoms with E-state index in [1.165, 1.54) is 0 Å². The second kappa shape index (κ2) is 9.39. The number of halogens is 1. The summed E-state index contributed by atoms with van der Waals surface area (Å²) < 4.78 is 0. The lowest BCUT2D eigenvalue weighted by Crippen LogP contribution is -2.22. The Morgan fingerprint density at radius 3 is 2.27 bits per heavy atom. The molecule has 0 bridgehead atoms. The molecule has 8 heteroatoms. The first-order valence-corrected chi connectivity index (χ1v) is 10.3. The van der Waals surface area contributed by atoms with Gasteiger partial charge in [0, 0.05) is 30.1 Å². The van der Waals surface area contributed by atoms with Crippen molar-refractivity contribution in [3.8, 4) is 11.4 Å². The van der Waals surface area contributed by atoms with Gasteiger partial charge in [-0.3, -0.25) is 4.79 Å². The highest BCUT2D eigenvalue weighted by atomic mass is 35.5. The van der Waals surface area contributed by atoms with Crippen LogP contribution in [0.4, 0.5) is 0 Å². The van der Waals surface area contributed by atoms with E-state index in [0.717, 1.165) is 28.0 Å². The van der Waals surface area contributed by atoms with Crippen LogP contribution >= 0.6 is 22.9 Å². The molecule has 0 radical (unpaired) electrons. The monoisotopic (exact) mass is 433 g/mol. The normalized spacial score (nSPS) is 11.3. The van der Waals surface area contributed by atoms with Crippen LogP contribution < -0.4 is 5.32 Å². The first-order valence-electron chi connectivity index (χ1n) is 9.10. The summed E-state index contributed by atoms with van der Waals surface area (Å²) in [4.78, 5) is 21.0. The van der Waals surface area contributed by atoms with Crippen molar-refractivity contribution in [2.75, 3.05) is 0 Å². The molecule has 148 valence electrons. The zero-order valence-corrected chi connectivity index (χ0v) is 17.3. The molecule has 0 spiro atoms. The van der Waals surface area contributed by atoms with Gasteiger partial charge in [-0.2, -0.15) is 0 Å². The smallest absolute Gasteiger partial charge is 0.282 e. The molecule has 0 saturated heterocycles. The fourth-order valence-electron chi connectivity index (χ4n) is 2.62. The average Bonchev–Trinajstić information content (AvgIpc) is 3.30. The van der Waals surface area contributed by atoms with Crippen molar-refractivity contribution in [3.05, 3.63) is 94.2 Å². The molecule has 4 aromatic rings. The Labute approximate surface area is 182 Å². The summed E-state index contributed by atoms with van der Waals surface area (Å²) in [6.45, 7) is 0.420. The second-order valence-electron chi connectivity index (χ2n) is 6.28. The molecule has 4 rings (SSSR count). The van der Waals surface area contributed by atoms with Crippen LogP contribution in [-0.4, -0.2) is 26.1 Å². The van der Waals surface area contributed by atoms with Gasteiger partial charge in [-0.15, -0.1) is 10.2 Å². The van der Waals surface area contributed by atoms with Crippen LogP contribution in [0, 0.1) is 0 Å². The van der Waals surface area contributed by atoms with Gasteiger partial charge in [0.05, 0.1) is 5.03 Å². The van der Waals surface area contributed by atoms with Gasteiger partial charge < -0.3 is 5.32 Å². The fourth-order valence-corrected chi connectivity index (χ4v) is 3.57. The third kappa shape index (κ3) is 4.94. The van der Waals surface area contributed by atoms with E-state index in [2.05, 4.69) is 25.5 Å². The van der Waals surface area contributed by atoms with Gasteiger partial charge >= 0.3 is 0 Å². The summed E-state index contributed by atoms with van der Waals surface area (Å²) in [5, 5.41) is 11.9. The van der Waals surface area contributed by atoms with Crippen LogP contribution in [0.5, 0.6) is 0 Å². The van der Waals surface area contributed by atoms with E-state index in [1.54, 1.807) is 18.5 Å². The average molecular weight is 434 g/mol. The molecule has 0 atom stereocenters.